The van der Waals surface area contributed by atoms with E-state index in [1.54, 1.807) is 17.1 Å². The van der Waals surface area contributed by atoms with Crippen molar-refractivity contribution in [1.82, 2.24) is 5.43 Å². The Labute approximate surface area is 207 Å². The number of fused-ring (bicyclic) bond motifs is 1. The number of rotatable bonds is 4. The van der Waals surface area contributed by atoms with Crippen LogP contribution < -0.4 is 15.4 Å². The zero-order valence-corrected chi connectivity index (χ0v) is 20.1. The maximum Gasteiger partial charge on any atom is 0.286 e. The highest BCUT2D eigenvalue weighted by Gasteiger charge is 2.40. The van der Waals surface area contributed by atoms with Crippen molar-refractivity contribution < 1.29 is 4.79 Å². The minimum absolute atomic E-state index is 0.198. The summed E-state index contributed by atoms with van der Waals surface area (Å²) in [5, 5.41) is 10.1. The van der Waals surface area contributed by atoms with Gasteiger partial charge in [-0.25, -0.2) is 0 Å². The molecule has 2 atom stereocenters. The first-order valence-electron chi connectivity index (χ1n) is 10.7. The summed E-state index contributed by atoms with van der Waals surface area (Å²) >= 11 is 18.8. The van der Waals surface area contributed by atoms with Gasteiger partial charge in [0.05, 0.1) is 22.4 Å². The number of anilines is 2. The van der Waals surface area contributed by atoms with E-state index in [0.717, 1.165) is 24.2 Å². The Bertz CT molecular complexity index is 1240. The number of carbonyl (C=O) groups excluding carboxylic acids is 1. The Morgan fingerprint density at radius 3 is 2.45 bits per heavy atom. The first-order chi connectivity index (χ1) is 15.9. The number of hydrazone groups is 1. The predicted molar refractivity (Wildman–Crippen MR) is 135 cm³/mol. The van der Waals surface area contributed by atoms with Crippen molar-refractivity contribution in [2.45, 2.75) is 19.4 Å². The van der Waals surface area contributed by atoms with Crippen molar-refractivity contribution in [3.05, 3.63) is 92.9 Å². The second kappa shape index (κ2) is 8.90. The van der Waals surface area contributed by atoms with Gasteiger partial charge in [0.1, 0.15) is 5.71 Å². The number of amides is 1. The Balaban J connectivity index is 1.49. The average Bonchev–Trinajstić information content (AvgIpc) is 3.36. The van der Waals surface area contributed by atoms with E-state index < -0.39 is 0 Å². The van der Waals surface area contributed by atoms with Crippen molar-refractivity contribution in [3.63, 3.8) is 0 Å². The first-order valence-corrected chi connectivity index (χ1v) is 11.8. The number of halogens is 3. The van der Waals surface area contributed by atoms with Crippen LogP contribution in [0.3, 0.4) is 0 Å². The highest BCUT2D eigenvalue weighted by molar-refractivity contribution is 6.41. The molecule has 2 aliphatic heterocycles. The molecule has 3 aromatic rings. The van der Waals surface area contributed by atoms with Crippen molar-refractivity contribution in [2.75, 3.05) is 16.6 Å². The molecule has 0 aromatic heterocycles. The highest BCUT2D eigenvalue weighted by Crippen LogP contribution is 2.42. The molecule has 1 N–H and O–H groups in total. The molecule has 2 heterocycles. The lowest BCUT2D eigenvalue weighted by molar-refractivity contribution is -0.115. The SMILES string of the molecule is C[C@@H]1C(C(=O)NN2CCc3ccccc32)=NN(c2ccc(Cl)cc2Cl)[C@H]1c1ccc(Cl)cc1. The van der Waals surface area contributed by atoms with Crippen LogP contribution in [0.4, 0.5) is 11.4 Å². The quantitative estimate of drug-likeness (QED) is 0.459. The van der Waals surface area contributed by atoms with E-state index in [1.807, 2.05) is 60.5 Å². The van der Waals surface area contributed by atoms with Crippen molar-refractivity contribution in [1.29, 1.82) is 0 Å². The highest BCUT2D eigenvalue weighted by atomic mass is 35.5. The van der Waals surface area contributed by atoms with Crippen LogP contribution in [-0.2, 0) is 11.2 Å². The van der Waals surface area contributed by atoms with Gasteiger partial charge in [-0.15, -0.1) is 0 Å². The standard InChI is InChI=1S/C25H21Cl3N4O/c1-15-23(25(33)30-31-13-12-16-4-2-3-5-21(16)31)29-32(22-11-10-19(27)14-20(22)28)24(15)17-6-8-18(26)9-7-17/h2-11,14-15,24H,12-13H2,1H3,(H,30,33)/t15-,24-/m1/s1. The number of carbonyl (C=O) groups is 1. The van der Waals surface area contributed by atoms with Crippen LogP contribution in [0.2, 0.25) is 15.1 Å². The van der Waals surface area contributed by atoms with Gasteiger partial charge in [0.2, 0.25) is 0 Å². The number of hydrazine groups is 1. The van der Waals surface area contributed by atoms with Gasteiger partial charge in [-0.1, -0.05) is 72.1 Å². The van der Waals surface area contributed by atoms with E-state index in [9.17, 15) is 4.79 Å². The fourth-order valence-electron chi connectivity index (χ4n) is 4.48. The van der Waals surface area contributed by atoms with Crippen LogP contribution >= 0.6 is 34.8 Å². The second-order valence-corrected chi connectivity index (χ2v) is 9.46. The summed E-state index contributed by atoms with van der Waals surface area (Å²) in [6.45, 7) is 2.72. The topological polar surface area (TPSA) is 47.9 Å². The maximum absolute atomic E-state index is 13.4. The van der Waals surface area contributed by atoms with Crippen LogP contribution in [0.1, 0.15) is 24.1 Å². The minimum Gasteiger partial charge on any atom is -0.285 e. The number of hydrogen-bond donors (Lipinski definition) is 1. The molecule has 5 rings (SSSR count). The Morgan fingerprint density at radius 2 is 1.70 bits per heavy atom. The van der Waals surface area contributed by atoms with Gasteiger partial charge in [-0.2, -0.15) is 5.10 Å². The smallest absolute Gasteiger partial charge is 0.285 e. The lowest BCUT2D eigenvalue weighted by atomic mass is 9.91. The first kappa shape index (κ1) is 22.1. The van der Waals surface area contributed by atoms with Crippen molar-refractivity contribution in [3.8, 4) is 0 Å². The molecule has 0 radical (unpaired) electrons. The summed E-state index contributed by atoms with van der Waals surface area (Å²) in [5.74, 6) is -0.429. The second-order valence-electron chi connectivity index (χ2n) is 8.18. The number of hydrogen-bond acceptors (Lipinski definition) is 4. The molecule has 5 nitrogen and oxygen atoms in total. The summed E-state index contributed by atoms with van der Waals surface area (Å²) in [7, 11) is 0. The molecule has 2 aliphatic rings. The molecule has 0 unspecified atom stereocenters. The average molecular weight is 500 g/mol. The fraction of sp³-hybridized carbons (Fsp3) is 0.200. The van der Waals surface area contributed by atoms with E-state index >= 15 is 0 Å². The lowest BCUT2D eigenvalue weighted by Crippen LogP contribution is -2.45. The van der Waals surface area contributed by atoms with Gasteiger partial charge >= 0.3 is 0 Å². The van der Waals surface area contributed by atoms with Crippen LogP contribution in [0.15, 0.2) is 71.8 Å². The molecule has 3 aromatic carbocycles. The molecule has 168 valence electrons. The number of benzene rings is 3. The van der Waals surface area contributed by atoms with E-state index in [1.165, 1.54) is 5.56 Å². The summed E-state index contributed by atoms with van der Waals surface area (Å²) in [6.07, 6.45) is 0.887. The van der Waals surface area contributed by atoms with Gasteiger partial charge < -0.3 is 0 Å². The third kappa shape index (κ3) is 4.17. The predicted octanol–water partition coefficient (Wildman–Crippen LogP) is 6.29. The van der Waals surface area contributed by atoms with E-state index in [0.29, 0.717) is 26.5 Å². The Hall–Kier alpha value is -2.73. The summed E-state index contributed by atoms with van der Waals surface area (Å²) in [6, 6.07) is 20.7. The van der Waals surface area contributed by atoms with Gasteiger partial charge in [-0.05, 0) is 53.9 Å². The molecular formula is C25H21Cl3N4O. The van der Waals surface area contributed by atoms with Crippen LogP contribution in [0.25, 0.3) is 0 Å². The van der Waals surface area contributed by atoms with E-state index in [2.05, 4.69) is 11.5 Å². The van der Waals surface area contributed by atoms with Gasteiger partial charge in [0.15, 0.2) is 0 Å². The molecule has 0 bridgehead atoms. The lowest BCUT2D eigenvalue weighted by Gasteiger charge is -2.27. The molecule has 0 spiro atoms. The fourth-order valence-corrected chi connectivity index (χ4v) is 5.10. The summed E-state index contributed by atoms with van der Waals surface area (Å²) in [5.41, 5.74) is 7.38. The van der Waals surface area contributed by atoms with Gasteiger partial charge in [-0.3, -0.25) is 20.2 Å². The largest absolute Gasteiger partial charge is 0.286 e. The molecular weight excluding hydrogens is 479 g/mol. The maximum atomic E-state index is 13.4. The monoisotopic (exact) mass is 498 g/mol. The minimum atomic E-state index is -0.231. The van der Waals surface area contributed by atoms with Gasteiger partial charge in [0, 0.05) is 22.5 Å². The molecule has 0 fully saturated rings. The van der Waals surface area contributed by atoms with Gasteiger partial charge in [0.25, 0.3) is 5.91 Å². The zero-order chi connectivity index (χ0) is 23.1. The molecule has 0 aliphatic carbocycles. The molecule has 1 amide bonds. The molecule has 0 saturated heterocycles. The van der Waals surface area contributed by atoms with E-state index in [4.69, 9.17) is 39.9 Å². The molecule has 33 heavy (non-hydrogen) atoms. The third-order valence-corrected chi connectivity index (χ3v) is 6.90. The zero-order valence-electron chi connectivity index (χ0n) is 17.8. The van der Waals surface area contributed by atoms with Crippen LogP contribution in [-0.4, -0.2) is 18.2 Å². The van der Waals surface area contributed by atoms with Crippen molar-refractivity contribution >= 4 is 57.8 Å². The van der Waals surface area contributed by atoms with Crippen LogP contribution in [0, 0.1) is 5.92 Å². The third-order valence-electron chi connectivity index (χ3n) is 6.11. The number of nitrogens with one attached hydrogen (secondary N) is 1. The Kier molecular flexibility index (Phi) is 5.95. The number of nitrogens with zero attached hydrogens (tertiary/aromatic N) is 3. The van der Waals surface area contributed by atoms with E-state index in [-0.39, 0.29) is 17.9 Å². The number of para-hydroxylation sites is 1. The summed E-state index contributed by atoms with van der Waals surface area (Å²) < 4.78 is 0. The molecule has 8 heteroatoms. The Morgan fingerprint density at radius 1 is 0.970 bits per heavy atom. The normalized spacial score (nSPS) is 19.5. The summed E-state index contributed by atoms with van der Waals surface area (Å²) in [4.78, 5) is 13.4. The molecule has 0 saturated carbocycles. The van der Waals surface area contributed by atoms with Crippen LogP contribution in [0.5, 0.6) is 0 Å². The van der Waals surface area contributed by atoms with Crippen molar-refractivity contribution in [2.24, 2.45) is 11.0 Å².